The van der Waals surface area contributed by atoms with Crippen molar-refractivity contribution < 1.29 is 9.53 Å². The molecule has 1 atom stereocenters. The zero-order chi connectivity index (χ0) is 12.8. The van der Waals surface area contributed by atoms with Crippen molar-refractivity contribution in [1.82, 2.24) is 10.2 Å². The standard InChI is InChI=1S/C13H24N2O2S/c1-2-12-9-15(7-8-18-12)13(16)10-17-11-3-5-14-6-4-11/h11-12,14H,2-10H2,1H3. The molecule has 2 saturated heterocycles. The average Bonchev–Trinajstić information content (AvgIpc) is 2.46. The van der Waals surface area contributed by atoms with Crippen LogP contribution in [0.1, 0.15) is 26.2 Å². The monoisotopic (exact) mass is 272 g/mol. The SMILES string of the molecule is CCC1CN(C(=O)COC2CCNCC2)CCS1. The van der Waals surface area contributed by atoms with E-state index in [9.17, 15) is 4.79 Å². The molecular weight excluding hydrogens is 248 g/mol. The molecular formula is C13H24N2O2S. The van der Waals surface area contributed by atoms with E-state index in [0.29, 0.717) is 5.25 Å². The van der Waals surface area contributed by atoms with Gasteiger partial charge in [-0.15, -0.1) is 0 Å². The van der Waals surface area contributed by atoms with Gasteiger partial charge in [-0.3, -0.25) is 4.79 Å². The van der Waals surface area contributed by atoms with Gasteiger partial charge in [0.1, 0.15) is 6.61 Å². The quantitative estimate of drug-likeness (QED) is 0.832. The molecule has 4 nitrogen and oxygen atoms in total. The third kappa shape index (κ3) is 4.14. The number of nitrogens with one attached hydrogen (secondary N) is 1. The summed E-state index contributed by atoms with van der Waals surface area (Å²) in [6.45, 7) is 6.27. The molecule has 1 amide bonds. The van der Waals surface area contributed by atoms with Crippen LogP contribution in [0, 0.1) is 0 Å². The van der Waals surface area contributed by atoms with Crippen molar-refractivity contribution in [2.24, 2.45) is 0 Å². The van der Waals surface area contributed by atoms with E-state index >= 15 is 0 Å². The summed E-state index contributed by atoms with van der Waals surface area (Å²) in [6, 6.07) is 0. The lowest BCUT2D eigenvalue weighted by Crippen LogP contribution is -2.44. The van der Waals surface area contributed by atoms with Crippen LogP contribution in [0.15, 0.2) is 0 Å². The molecule has 5 heteroatoms. The van der Waals surface area contributed by atoms with Crippen molar-refractivity contribution in [1.29, 1.82) is 0 Å². The van der Waals surface area contributed by atoms with Gasteiger partial charge in [-0.05, 0) is 32.4 Å². The van der Waals surface area contributed by atoms with Gasteiger partial charge >= 0.3 is 0 Å². The normalized spacial score (nSPS) is 26.3. The molecule has 0 spiro atoms. The van der Waals surface area contributed by atoms with Gasteiger partial charge in [0.2, 0.25) is 5.91 Å². The Morgan fingerprint density at radius 2 is 2.22 bits per heavy atom. The fourth-order valence-electron chi connectivity index (χ4n) is 2.44. The third-order valence-corrected chi connectivity index (χ3v) is 5.05. The molecule has 1 unspecified atom stereocenters. The Morgan fingerprint density at radius 3 is 2.94 bits per heavy atom. The maximum absolute atomic E-state index is 12.1. The molecule has 0 aromatic carbocycles. The lowest BCUT2D eigenvalue weighted by Gasteiger charge is -2.32. The minimum Gasteiger partial charge on any atom is -0.368 e. The van der Waals surface area contributed by atoms with Crippen LogP contribution in [0.4, 0.5) is 0 Å². The first-order valence-electron chi connectivity index (χ1n) is 7.01. The molecule has 2 aliphatic heterocycles. The summed E-state index contributed by atoms with van der Waals surface area (Å²) in [5.74, 6) is 1.24. The van der Waals surface area contributed by atoms with Gasteiger partial charge in [0.15, 0.2) is 0 Å². The van der Waals surface area contributed by atoms with Crippen LogP contribution in [-0.4, -0.2) is 60.7 Å². The number of thioether (sulfide) groups is 1. The minimum atomic E-state index is 0.173. The van der Waals surface area contributed by atoms with Gasteiger partial charge in [-0.25, -0.2) is 0 Å². The van der Waals surface area contributed by atoms with Crippen LogP contribution in [-0.2, 0) is 9.53 Å². The number of carbonyl (C=O) groups is 1. The molecule has 0 saturated carbocycles. The molecule has 18 heavy (non-hydrogen) atoms. The number of hydrogen-bond acceptors (Lipinski definition) is 4. The summed E-state index contributed by atoms with van der Waals surface area (Å²) < 4.78 is 5.73. The molecule has 2 heterocycles. The predicted octanol–water partition coefficient (Wildman–Crippen LogP) is 1.11. The molecule has 2 aliphatic rings. The summed E-state index contributed by atoms with van der Waals surface area (Å²) in [7, 11) is 0. The van der Waals surface area contributed by atoms with Crippen molar-refractivity contribution in [3.63, 3.8) is 0 Å². The molecule has 104 valence electrons. The highest BCUT2D eigenvalue weighted by Gasteiger charge is 2.24. The first-order chi connectivity index (χ1) is 8.79. The van der Waals surface area contributed by atoms with Crippen molar-refractivity contribution in [3.05, 3.63) is 0 Å². The van der Waals surface area contributed by atoms with Crippen LogP contribution >= 0.6 is 11.8 Å². The number of piperidine rings is 1. The Balaban J connectivity index is 1.70. The fraction of sp³-hybridized carbons (Fsp3) is 0.923. The van der Waals surface area contributed by atoms with Crippen LogP contribution in [0.25, 0.3) is 0 Å². The van der Waals surface area contributed by atoms with Crippen LogP contribution < -0.4 is 5.32 Å². The Hall–Kier alpha value is -0.260. The highest BCUT2D eigenvalue weighted by molar-refractivity contribution is 8.00. The van der Waals surface area contributed by atoms with Crippen molar-refractivity contribution in [2.75, 3.05) is 38.5 Å². The molecule has 0 aromatic rings. The Labute approximate surface area is 114 Å². The summed E-state index contributed by atoms with van der Waals surface area (Å²) in [6.07, 6.45) is 3.47. The fourth-order valence-corrected chi connectivity index (χ4v) is 3.62. The summed E-state index contributed by atoms with van der Waals surface area (Å²) in [5, 5.41) is 3.91. The van der Waals surface area contributed by atoms with E-state index < -0.39 is 0 Å². The largest absolute Gasteiger partial charge is 0.368 e. The van der Waals surface area contributed by atoms with E-state index in [-0.39, 0.29) is 18.6 Å². The second-order valence-corrected chi connectivity index (χ2v) is 6.41. The van der Waals surface area contributed by atoms with Gasteiger partial charge in [0.05, 0.1) is 6.10 Å². The van der Waals surface area contributed by atoms with Gasteiger partial charge in [-0.2, -0.15) is 11.8 Å². The zero-order valence-corrected chi connectivity index (χ0v) is 12.0. The Morgan fingerprint density at radius 1 is 1.44 bits per heavy atom. The number of hydrogen-bond donors (Lipinski definition) is 1. The Bertz CT molecular complexity index is 270. The first-order valence-corrected chi connectivity index (χ1v) is 8.06. The summed E-state index contributed by atoms with van der Waals surface area (Å²) in [4.78, 5) is 14.1. The van der Waals surface area contributed by atoms with E-state index in [4.69, 9.17) is 4.74 Å². The zero-order valence-electron chi connectivity index (χ0n) is 11.2. The van der Waals surface area contributed by atoms with E-state index in [2.05, 4.69) is 12.2 Å². The van der Waals surface area contributed by atoms with E-state index in [1.165, 1.54) is 0 Å². The molecule has 0 aliphatic carbocycles. The number of nitrogens with zero attached hydrogens (tertiary/aromatic N) is 1. The third-order valence-electron chi connectivity index (χ3n) is 3.68. The molecule has 1 N–H and O–H groups in total. The van der Waals surface area contributed by atoms with Gasteiger partial charge in [-0.1, -0.05) is 6.92 Å². The van der Waals surface area contributed by atoms with Crippen molar-refractivity contribution >= 4 is 17.7 Å². The predicted molar refractivity (Wildman–Crippen MR) is 75.0 cm³/mol. The van der Waals surface area contributed by atoms with E-state index in [1.54, 1.807) is 0 Å². The Kier molecular flexibility index (Phi) is 5.79. The van der Waals surface area contributed by atoms with E-state index in [1.807, 2.05) is 16.7 Å². The maximum Gasteiger partial charge on any atom is 0.248 e. The van der Waals surface area contributed by atoms with Gasteiger partial charge in [0.25, 0.3) is 0 Å². The van der Waals surface area contributed by atoms with Crippen LogP contribution in [0.5, 0.6) is 0 Å². The number of ether oxygens (including phenoxy) is 1. The van der Waals surface area contributed by atoms with Gasteiger partial charge in [0, 0.05) is 24.1 Å². The molecule has 0 radical (unpaired) electrons. The molecule has 2 rings (SSSR count). The van der Waals surface area contributed by atoms with E-state index in [0.717, 1.165) is 51.2 Å². The molecule has 2 fully saturated rings. The maximum atomic E-state index is 12.1. The highest BCUT2D eigenvalue weighted by atomic mass is 32.2. The molecule has 0 aromatic heterocycles. The summed E-state index contributed by atoms with van der Waals surface area (Å²) in [5.41, 5.74) is 0. The number of rotatable bonds is 4. The second kappa shape index (κ2) is 7.36. The number of amides is 1. The van der Waals surface area contributed by atoms with Gasteiger partial charge < -0.3 is 15.0 Å². The smallest absolute Gasteiger partial charge is 0.248 e. The lowest BCUT2D eigenvalue weighted by molar-refractivity contribution is -0.138. The first kappa shape index (κ1) is 14.2. The van der Waals surface area contributed by atoms with Crippen LogP contribution in [0.3, 0.4) is 0 Å². The van der Waals surface area contributed by atoms with Crippen molar-refractivity contribution in [3.8, 4) is 0 Å². The second-order valence-electron chi connectivity index (χ2n) is 5.00. The van der Waals surface area contributed by atoms with Crippen molar-refractivity contribution in [2.45, 2.75) is 37.5 Å². The lowest BCUT2D eigenvalue weighted by atomic mass is 10.1. The van der Waals surface area contributed by atoms with Crippen LogP contribution in [0.2, 0.25) is 0 Å². The summed E-state index contributed by atoms with van der Waals surface area (Å²) >= 11 is 1.99. The molecule has 0 bridgehead atoms. The topological polar surface area (TPSA) is 41.6 Å². The highest BCUT2D eigenvalue weighted by Crippen LogP contribution is 2.21. The average molecular weight is 272 g/mol. The number of carbonyl (C=O) groups excluding carboxylic acids is 1. The minimum absolute atomic E-state index is 0.173.